The van der Waals surface area contributed by atoms with Crippen LogP contribution < -0.4 is 0 Å². The van der Waals surface area contributed by atoms with E-state index >= 15 is 0 Å². The molecule has 1 aromatic heterocycles. The molecule has 0 saturated carbocycles. The van der Waals surface area contributed by atoms with Gasteiger partial charge in [-0.15, -0.1) is 0 Å². The van der Waals surface area contributed by atoms with Crippen LogP contribution in [0, 0.1) is 0 Å². The molecule has 0 N–H and O–H groups in total. The highest BCUT2D eigenvalue weighted by Gasteiger charge is 2.22. The Kier molecular flexibility index (Phi) is 8.22. The quantitative estimate of drug-likeness (QED) is 0.160. The van der Waals surface area contributed by atoms with Crippen molar-refractivity contribution >= 4 is 108 Å². The van der Waals surface area contributed by atoms with Gasteiger partial charge in [0.05, 0.1) is 11.0 Å². The third kappa shape index (κ3) is 7.01. The van der Waals surface area contributed by atoms with Crippen molar-refractivity contribution in [2.75, 3.05) is 0 Å². The first-order chi connectivity index (χ1) is 40.5. The molecule has 0 aliphatic carbocycles. The second kappa shape index (κ2) is 17.4. The van der Waals surface area contributed by atoms with E-state index in [1.54, 1.807) is 0 Å². The number of hydrogen-bond donors (Lipinski definition) is 0. The van der Waals surface area contributed by atoms with Gasteiger partial charge in [-0.1, -0.05) is 249 Å². The summed E-state index contributed by atoms with van der Waals surface area (Å²) >= 11 is 0. The van der Waals surface area contributed by atoms with Crippen LogP contribution in [0.2, 0.25) is 0 Å². The van der Waals surface area contributed by atoms with Crippen LogP contribution >= 0.6 is 0 Å². The molecule has 1 heterocycles. The monoisotopic (exact) mass is 958 g/mol. The van der Waals surface area contributed by atoms with Gasteiger partial charge in [-0.05, 0) is 161 Å². The largest absolute Gasteiger partial charge is 0.456 e. The fourth-order valence-electron chi connectivity index (χ4n) is 11.8. The third-order valence-electron chi connectivity index (χ3n) is 15.1. The smallest absolute Gasteiger partial charge is 0.136 e. The SMILES string of the molecule is [2H]c1c([2H])c([2H])c2c(-c3cccc4ccccc34)c3c([2H])c([2H])c([2H])c([2H])c3c(-c3ccc4ccccc4c3)c2c1[2H].c1ccc2cc(-c3c4ccccc4c(-c4cccc5oc6cc7ccccc7cc6c45)c4ccccc34)ccc2c1. The highest BCUT2D eigenvalue weighted by atomic mass is 16.3. The number of benzene rings is 15. The Morgan fingerprint density at radius 2 is 0.627 bits per heavy atom. The minimum Gasteiger partial charge on any atom is -0.456 e. The van der Waals surface area contributed by atoms with Gasteiger partial charge >= 0.3 is 0 Å². The lowest BCUT2D eigenvalue weighted by atomic mass is 9.84. The summed E-state index contributed by atoms with van der Waals surface area (Å²) in [6, 6.07) is 76.7. The van der Waals surface area contributed by atoms with E-state index in [4.69, 9.17) is 15.4 Å². The first kappa shape index (κ1) is 35.3. The predicted octanol–water partition coefficient (Wildman–Crippen LogP) is 21.2. The molecule has 75 heavy (non-hydrogen) atoms. The van der Waals surface area contributed by atoms with Crippen molar-refractivity contribution in [3.8, 4) is 44.5 Å². The Hall–Kier alpha value is -9.82. The van der Waals surface area contributed by atoms with Gasteiger partial charge in [0, 0.05) is 10.8 Å². The Morgan fingerprint density at radius 3 is 1.19 bits per heavy atom. The maximum atomic E-state index is 9.13. The molecule has 0 saturated heterocycles. The van der Waals surface area contributed by atoms with Crippen molar-refractivity contribution in [1.82, 2.24) is 0 Å². The molecule has 1 heteroatoms. The normalized spacial score (nSPS) is 13.2. The number of fused-ring (bicyclic) bond motifs is 11. The highest BCUT2D eigenvalue weighted by Crippen LogP contribution is 2.49. The van der Waals surface area contributed by atoms with Crippen molar-refractivity contribution in [3.63, 3.8) is 0 Å². The molecule has 0 fully saturated rings. The lowest BCUT2D eigenvalue weighted by Crippen LogP contribution is -1.91. The van der Waals surface area contributed by atoms with E-state index < -0.39 is 24.2 Å². The summed E-state index contributed by atoms with van der Waals surface area (Å²) in [5.41, 5.74) is 8.76. The summed E-state index contributed by atoms with van der Waals surface area (Å²) in [5.74, 6) is 0. The van der Waals surface area contributed by atoms with Gasteiger partial charge in [0.15, 0.2) is 0 Å². The standard InChI is InChI=1S/C40H24O.C34H22/c1-2-11-26-22-29(21-20-25(26)10-1)38-30-14-5-7-16-32(30)39(33-17-8-6-15-31(33)38)34-18-9-19-36-40(34)35-23-27-12-3-4-13-28(27)24-37(35)41-36;1-2-12-25-22-26(21-20-23(25)10-1)33-29-15-5-7-17-31(29)34(32-18-8-6-16-30(32)33)28-19-9-13-24-11-3-4-14-27(24)28/h1-24H;1-22H/i;5D,6D,7D,8D,15D,16D,17D,18D. The summed E-state index contributed by atoms with van der Waals surface area (Å²) < 4.78 is 77.4. The molecule has 0 atom stereocenters. The van der Waals surface area contributed by atoms with Crippen molar-refractivity contribution in [2.45, 2.75) is 0 Å². The Bertz CT molecular complexity index is 5310. The Morgan fingerprint density at radius 1 is 0.240 bits per heavy atom. The molecule has 0 spiro atoms. The molecule has 0 aliphatic rings. The van der Waals surface area contributed by atoms with Crippen LogP contribution in [0.15, 0.2) is 283 Å². The van der Waals surface area contributed by atoms with Gasteiger partial charge in [0.1, 0.15) is 11.2 Å². The van der Waals surface area contributed by atoms with Gasteiger partial charge in [0.2, 0.25) is 0 Å². The molecule has 0 aliphatic heterocycles. The summed E-state index contributed by atoms with van der Waals surface area (Å²) in [5, 5.41) is 16.7. The second-order valence-electron chi connectivity index (χ2n) is 19.2. The molecule has 348 valence electrons. The van der Waals surface area contributed by atoms with Crippen LogP contribution in [-0.4, -0.2) is 0 Å². The van der Waals surface area contributed by atoms with E-state index in [0.717, 1.165) is 38.1 Å². The van der Waals surface area contributed by atoms with Crippen molar-refractivity contribution in [1.29, 1.82) is 0 Å². The average molecular weight is 959 g/mol. The lowest BCUT2D eigenvalue weighted by Gasteiger charge is -2.19. The van der Waals surface area contributed by atoms with Crippen LogP contribution in [0.25, 0.3) is 153 Å². The van der Waals surface area contributed by atoms with Crippen LogP contribution in [0.5, 0.6) is 0 Å². The average Bonchev–Trinajstić information content (AvgIpc) is 2.33. The molecule has 16 rings (SSSR count). The second-order valence-corrected chi connectivity index (χ2v) is 19.2. The predicted molar refractivity (Wildman–Crippen MR) is 322 cm³/mol. The van der Waals surface area contributed by atoms with Crippen molar-refractivity contribution in [3.05, 3.63) is 279 Å². The minimum atomic E-state index is -0.404. The molecule has 1 nitrogen and oxygen atoms in total. The van der Waals surface area contributed by atoms with Gasteiger partial charge in [0.25, 0.3) is 0 Å². The van der Waals surface area contributed by atoms with E-state index in [-0.39, 0.29) is 45.7 Å². The van der Waals surface area contributed by atoms with Crippen LogP contribution in [-0.2, 0) is 0 Å². The third-order valence-corrected chi connectivity index (χ3v) is 15.1. The molecule has 0 bridgehead atoms. The molecule has 15 aromatic carbocycles. The van der Waals surface area contributed by atoms with E-state index in [1.807, 2.05) is 84.9 Å². The van der Waals surface area contributed by atoms with Crippen LogP contribution in [0.3, 0.4) is 0 Å². The first-order valence-corrected chi connectivity index (χ1v) is 25.2. The number of rotatable bonds is 4. The first-order valence-electron chi connectivity index (χ1n) is 29.2. The van der Waals surface area contributed by atoms with E-state index in [1.165, 1.54) is 70.7 Å². The van der Waals surface area contributed by atoms with Crippen molar-refractivity contribution < 1.29 is 15.4 Å². The van der Waals surface area contributed by atoms with E-state index in [9.17, 15) is 0 Å². The molecule has 0 amide bonds. The van der Waals surface area contributed by atoms with Crippen LogP contribution in [0.1, 0.15) is 11.0 Å². The zero-order chi connectivity index (χ0) is 56.4. The minimum absolute atomic E-state index is 0.219. The molecule has 0 unspecified atom stereocenters. The van der Waals surface area contributed by atoms with E-state index in [2.05, 4.69) is 146 Å². The fraction of sp³-hybridized carbons (Fsp3) is 0. The Labute approximate surface area is 445 Å². The van der Waals surface area contributed by atoms with Crippen LogP contribution in [0.4, 0.5) is 0 Å². The zero-order valence-corrected chi connectivity index (χ0v) is 40.3. The Balaban J connectivity index is 0.000000142. The zero-order valence-electron chi connectivity index (χ0n) is 48.3. The maximum Gasteiger partial charge on any atom is 0.136 e. The lowest BCUT2D eigenvalue weighted by molar-refractivity contribution is 0.669. The molecular formula is C74H46O. The van der Waals surface area contributed by atoms with Gasteiger partial charge in [-0.2, -0.15) is 0 Å². The topological polar surface area (TPSA) is 13.1 Å². The maximum absolute atomic E-state index is 9.13. The number of hydrogen-bond acceptors (Lipinski definition) is 1. The highest BCUT2D eigenvalue weighted by molar-refractivity contribution is 6.27. The van der Waals surface area contributed by atoms with Gasteiger partial charge < -0.3 is 4.42 Å². The van der Waals surface area contributed by atoms with E-state index in [0.29, 0.717) is 22.3 Å². The van der Waals surface area contributed by atoms with Crippen molar-refractivity contribution in [2.24, 2.45) is 0 Å². The summed E-state index contributed by atoms with van der Waals surface area (Å²) in [6.07, 6.45) is 0. The fourth-order valence-corrected chi connectivity index (χ4v) is 11.8. The number of furan rings is 1. The molecular weight excluding hydrogens is 905 g/mol. The molecule has 0 radical (unpaired) electrons. The molecule has 16 aromatic rings. The summed E-state index contributed by atoms with van der Waals surface area (Å²) in [7, 11) is 0. The summed E-state index contributed by atoms with van der Waals surface area (Å²) in [6.45, 7) is 0. The van der Waals surface area contributed by atoms with Gasteiger partial charge in [-0.3, -0.25) is 0 Å². The van der Waals surface area contributed by atoms with Gasteiger partial charge in [-0.25, -0.2) is 0 Å². The summed E-state index contributed by atoms with van der Waals surface area (Å²) in [4.78, 5) is 0.